The van der Waals surface area contributed by atoms with Crippen LogP contribution in [0.5, 0.6) is 5.75 Å². The molecule has 0 radical (unpaired) electrons. The molecule has 1 aliphatic carbocycles. The highest BCUT2D eigenvalue weighted by molar-refractivity contribution is 6.09. The number of aliphatic imine (C=N–C) groups is 1. The number of piperazine rings is 1. The smallest absolute Gasteiger partial charge is 0.323 e. The lowest BCUT2D eigenvalue weighted by Crippen LogP contribution is -2.59. The van der Waals surface area contributed by atoms with Crippen molar-refractivity contribution >= 4 is 34.8 Å². The Balaban J connectivity index is 0.844. The van der Waals surface area contributed by atoms with Crippen molar-refractivity contribution < 1.29 is 29.1 Å². The second kappa shape index (κ2) is 20.3. The maximum atomic E-state index is 14.5. The predicted molar refractivity (Wildman–Crippen MR) is 260 cm³/mol. The topological polar surface area (TPSA) is 146 Å². The van der Waals surface area contributed by atoms with Crippen LogP contribution in [0, 0.1) is 5.92 Å². The molecule has 0 saturated carbocycles. The number of aromatic nitrogens is 3. The summed E-state index contributed by atoms with van der Waals surface area (Å²) in [4.78, 5) is 52.7. The minimum Gasteiger partial charge on any atom is -0.484 e. The van der Waals surface area contributed by atoms with Gasteiger partial charge in [0.15, 0.2) is 0 Å². The van der Waals surface area contributed by atoms with E-state index < -0.39 is 18.0 Å². The molecule has 0 spiro atoms. The number of hydroxylamine groups is 2. The molecule has 67 heavy (non-hydrogen) atoms. The van der Waals surface area contributed by atoms with Gasteiger partial charge in [-0.15, -0.1) is 5.10 Å². The first-order valence-corrected chi connectivity index (χ1v) is 24.7. The van der Waals surface area contributed by atoms with Gasteiger partial charge in [0.2, 0.25) is 5.91 Å². The summed E-state index contributed by atoms with van der Waals surface area (Å²) in [5.74, 6) is -0.131. The number of hydrogen-bond donors (Lipinski definition) is 1. The maximum Gasteiger partial charge on any atom is 0.323 e. The number of carbonyl (C=O) groups is 3. The van der Waals surface area contributed by atoms with Crippen LogP contribution in [0.2, 0.25) is 0 Å². The third kappa shape index (κ3) is 10.2. The van der Waals surface area contributed by atoms with E-state index in [1.807, 2.05) is 76.0 Å². The number of ether oxygens (including phenoxy) is 2. The molecule has 5 aliphatic rings. The molecule has 14 nitrogen and oxygen atoms in total. The molecule has 5 heterocycles. The van der Waals surface area contributed by atoms with Gasteiger partial charge in [0.1, 0.15) is 23.5 Å². The van der Waals surface area contributed by atoms with Gasteiger partial charge in [0, 0.05) is 104 Å². The SMILES string of the molecule is CC/N=C1/C=CC2=C(c3ccccc3C(=O)N3CCN(C(=O)CCCCCCCCc4cn(C5CC(C)(C)N(O)C(C)(C)C5)nn4)CC3)C3C(=O)Oc4cc(N(CC)CC)ccc4C3OC2=C1. The van der Waals surface area contributed by atoms with Crippen LogP contribution in [0.15, 0.2) is 83.2 Å². The van der Waals surface area contributed by atoms with E-state index in [0.717, 1.165) is 99.1 Å². The zero-order valence-corrected chi connectivity index (χ0v) is 40.7. The summed E-state index contributed by atoms with van der Waals surface area (Å²) < 4.78 is 14.9. The molecule has 0 bridgehead atoms. The molecule has 2 saturated heterocycles. The minimum atomic E-state index is -0.811. The Labute approximate surface area is 396 Å². The lowest BCUT2D eigenvalue weighted by atomic mass is 9.76. The third-order valence-electron chi connectivity index (χ3n) is 14.4. The Hall–Kier alpha value is -5.60. The highest BCUT2D eigenvalue weighted by Gasteiger charge is 2.49. The van der Waals surface area contributed by atoms with Crippen LogP contribution >= 0.6 is 0 Å². The Morgan fingerprint density at radius 2 is 1.57 bits per heavy atom. The monoisotopic (exact) mass is 915 g/mol. The number of aryl methyl sites for hydroxylation is 1. The Morgan fingerprint density at radius 3 is 2.28 bits per heavy atom. The Kier molecular flexibility index (Phi) is 14.5. The number of allylic oxidation sites excluding steroid dienone is 3. The number of fused-ring (bicyclic) bond motifs is 4. The van der Waals surface area contributed by atoms with Crippen molar-refractivity contribution in [2.24, 2.45) is 10.9 Å². The number of hydrogen-bond acceptors (Lipinski definition) is 11. The van der Waals surface area contributed by atoms with Gasteiger partial charge in [-0.3, -0.25) is 19.4 Å². The van der Waals surface area contributed by atoms with Crippen LogP contribution in [0.1, 0.15) is 146 Å². The molecule has 3 aromatic rings. The van der Waals surface area contributed by atoms with E-state index in [2.05, 4.69) is 74.0 Å². The highest BCUT2D eigenvalue weighted by atomic mass is 16.6. The summed E-state index contributed by atoms with van der Waals surface area (Å²) in [5, 5.41) is 21.1. The van der Waals surface area contributed by atoms with E-state index in [0.29, 0.717) is 67.4 Å². The van der Waals surface area contributed by atoms with Crippen LogP contribution in [-0.2, 0) is 20.7 Å². The zero-order valence-electron chi connectivity index (χ0n) is 40.7. The van der Waals surface area contributed by atoms with Gasteiger partial charge in [-0.25, -0.2) is 4.68 Å². The number of piperidine rings is 1. The van der Waals surface area contributed by atoms with Crippen LogP contribution in [0.3, 0.4) is 0 Å². The minimum absolute atomic E-state index is 0.133. The average Bonchev–Trinajstić information content (AvgIpc) is 3.80. The molecular formula is C53H70N8O6. The van der Waals surface area contributed by atoms with Gasteiger partial charge in [0.05, 0.1) is 17.4 Å². The third-order valence-corrected chi connectivity index (χ3v) is 14.4. The van der Waals surface area contributed by atoms with Gasteiger partial charge in [0.25, 0.3) is 5.91 Å². The summed E-state index contributed by atoms with van der Waals surface area (Å²) in [5.41, 5.74) is 5.48. The first-order chi connectivity index (χ1) is 32.2. The number of amides is 2. The van der Waals surface area contributed by atoms with Gasteiger partial charge in [-0.1, -0.05) is 49.1 Å². The molecule has 2 atom stereocenters. The van der Waals surface area contributed by atoms with Crippen LogP contribution in [-0.4, -0.2) is 115 Å². The lowest BCUT2D eigenvalue weighted by Gasteiger charge is -2.51. The van der Waals surface area contributed by atoms with Gasteiger partial charge in [-0.05, 0) is 122 Å². The summed E-state index contributed by atoms with van der Waals surface area (Å²) in [7, 11) is 0. The lowest BCUT2D eigenvalue weighted by molar-refractivity contribution is -0.249. The molecule has 4 aliphatic heterocycles. The summed E-state index contributed by atoms with van der Waals surface area (Å²) in [6.45, 7) is 18.5. The molecule has 2 fully saturated rings. The largest absolute Gasteiger partial charge is 0.484 e. The van der Waals surface area contributed by atoms with E-state index in [4.69, 9.17) is 9.47 Å². The number of anilines is 1. The van der Waals surface area contributed by atoms with E-state index in [-0.39, 0.29) is 28.9 Å². The summed E-state index contributed by atoms with van der Waals surface area (Å²) in [6.07, 6.45) is 16.4. The number of nitrogens with zero attached hydrogens (tertiary/aromatic N) is 8. The highest BCUT2D eigenvalue weighted by Crippen LogP contribution is 2.53. The number of benzene rings is 2. The van der Waals surface area contributed by atoms with Crippen LogP contribution in [0.4, 0.5) is 5.69 Å². The van der Waals surface area contributed by atoms with Gasteiger partial charge < -0.3 is 29.4 Å². The second-order valence-corrected chi connectivity index (χ2v) is 19.9. The first kappa shape index (κ1) is 47.9. The number of unbranched alkanes of at least 4 members (excludes halogenated alkanes) is 5. The maximum absolute atomic E-state index is 14.5. The molecule has 1 aromatic heterocycles. The Bertz CT molecular complexity index is 2420. The molecule has 2 unspecified atom stereocenters. The number of esters is 1. The number of rotatable bonds is 16. The molecule has 358 valence electrons. The van der Waals surface area contributed by atoms with E-state index in [9.17, 15) is 19.6 Å². The quantitative estimate of drug-likeness (QED) is 0.0840. The predicted octanol–water partition coefficient (Wildman–Crippen LogP) is 8.94. The fourth-order valence-electron chi connectivity index (χ4n) is 10.9. The van der Waals surface area contributed by atoms with Crippen molar-refractivity contribution in [2.75, 3.05) is 50.7 Å². The van der Waals surface area contributed by atoms with Crippen molar-refractivity contribution in [2.45, 2.75) is 136 Å². The van der Waals surface area contributed by atoms with Gasteiger partial charge >= 0.3 is 5.97 Å². The molecule has 2 aromatic carbocycles. The normalized spacial score (nSPS) is 21.9. The molecule has 1 N–H and O–H groups in total. The van der Waals surface area contributed by atoms with Gasteiger partial charge in [-0.2, -0.15) is 5.06 Å². The van der Waals surface area contributed by atoms with Crippen molar-refractivity contribution in [3.8, 4) is 5.75 Å². The Morgan fingerprint density at radius 1 is 0.881 bits per heavy atom. The van der Waals surface area contributed by atoms with Crippen molar-refractivity contribution in [3.63, 3.8) is 0 Å². The average molecular weight is 915 g/mol. The standard InChI is InChI=1S/C53H70N8O6/c1-8-54-36-23-25-42-44(31-36)66-49-43-26-24-38(57(9-2)10-3)32-45(43)67-51(64)48(49)47(42)40-20-17-18-21-41(40)50(63)59-29-27-58(28-30-59)46(62)22-16-14-12-11-13-15-19-37-35-60(56-55-37)39-33-52(4,5)61(65)53(6,7)34-39/h17-18,20-21,23-26,31-32,35,39,48-49,65H,8-16,19,22,27-30,33-34H2,1-7H3/b54-36-. The molecule has 8 rings (SSSR count). The van der Waals surface area contributed by atoms with E-state index >= 15 is 0 Å². The zero-order chi connectivity index (χ0) is 47.5. The molecule has 2 amide bonds. The molecule has 14 heteroatoms. The van der Waals surface area contributed by atoms with Crippen molar-refractivity contribution in [1.29, 1.82) is 0 Å². The summed E-state index contributed by atoms with van der Waals surface area (Å²) in [6, 6.07) is 13.7. The van der Waals surface area contributed by atoms with Crippen LogP contribution in [0.25, 0.3) is 5.57 Å². The van der Waals surface area contributed by atoms with E-state index in [1.54, 1.807) is 0 Å². The number of carbonyl (C=O) groups excluding carboxylic acids is 3. The fraction of sp³-hybridized carbons (Fsp3) is 0.547. The molecular weight excluding hydrogens is 845 g/mol. The fourth-order valence-corrected chi connectivity index (χ4v) is 10.9. The first-order valence-electron chi connectivity index (χ1n) is 24.7. The summed E-state index contributed by atoms with van der Waals surface area (Å²) >= 11 is 0. The second-order valence-electron chi connectivity index (χ2n) is 19.9. The van der Waals surface area contributed by atoms with Crippen molar-refractivity contribution in [1.82, 2.24) is 29.9 Å². The van der Waals surface area contributed by atoms with Crippen molar-refractivity contribution in [3.05, 3.63) is 101 Å². The van der Waals surface area contributed by atoms with Crippen LogP contribution < -0.4 is 9.64 Å². The van der Waals surface area contributed by atoms with E-state index in [1.165, 1.54) is 5.06 Å².